The first kappa shape index (κ1) is 13.4. The third-order valence-corrected chi connectivity index (χ3v) is 3.10. The number of hydrogen-bond donors (Lipinski definition) is 3. The summed E-state index contributed by atoms with van der Waals surface area (Å²) in [5.41, 5.74) is -0.842. The first-order valence-corrected chi connectivity index (χ1v) is 5.92. The second-order valence-corrected chi connectivity index (χ2v) is 4.65. The van der Waals surface area contributed by atoms with E-state index < -0.39 is 17.7 Å². The Kier molecular flexibility index (Phi) is 3.71. The lowest BCUT2D eigenvalue weighted by Gasteiger charge is -2.39. The highest BCUT2D eigenvalue weighted by molar-refractivity contribution is 5.79. The Balaban J connectivity index is 1.71. The lowest BCUT2D eigenvalue weighted by Crippen LogP contribution is -2.59. The van der Waals surface area contributed by atoms with Crippen LogP contribution in [0.5, 0.6) is 0 Å². The molecule has 102 valence electrons. The van der Waals surface area contributed by atoms with Gasteiger partial charge in [-0.1, -0.05) is 30.3 Å². The smallest absolute Gasteiger partial charge is 0.407 e. The quantitative estimate of drug-likeness (QED) is 0.751. The number of carbonyl (C=O) groups excluding carboxylic acids is 1. The van der Waals surface area contributed by atoms with Gasteiger partial charge in [0.15, 0.2) is 5.60 Å². The molecule has 0 heterocycles. The Hall–Kier alpha value is -2.08. The fourth-order valence-electron chi connectivity index (χ4n) is 1.96. The number of aliphatic carboxylic acids is 1. The minimum atomic E-state index is -1.71. The number of benzene rings is 1. The first-order valence-electron chi connectivity index (χ1n) is 5.92. The topological polar surface area (TPSA) is 95.9 Å². The molecule has 1 aromatic carbocycles. The number of rotatable bonds is 4. The molecule has 0 atom stereocenters. The minimum Gasteiger partial charge on any atom is -0.479 e. The number of hydrogen-bond acceptors (Lipinski definition) is 4. The van der Waals surface area contributed by atoms with Crippen LogP contribution in [0, 0.1) is 0 Å². The number of alkyl carbamates (subject to hydrolysis) is 1. The second-order valence-electron chi connectivity index (χ2n) is 4.65. The molecular weight excluding hydrogens is 250 g/mol. The van der Waals surface area contributed by atoms with E-state index in [2.05, 4.69) is 5.32 Å². The van der Waals surface area contributed by atoms with Gasteiger partial charge in [-0.3, -0.25) is 0 Å². The van der Waals surface area contributed by atoms with Gasteiger partial charge in [-0.05, 0) is 5.56 Å². The van der Waals surface area contributed by atoms with E-state index in [0.29, 0.717) is 0 Å². The molecule has 0 spiro atoms. The zero-order valence-corrected chi connectivity index (χ0v) is 10.2. The molecule has 0 bridgehead atoms. The highest BCUT2D eigenvalue weighted by Crippen LogP contribution is 2.32. The molecule has 1 aliphatic carbocycles. The Morgan fingerprint density at radius 3 is 2.53 bits per heavy atom. The molecule has 2 rings (SSSR count). The van der Waals surface area contributed by atoms with Gasteiger partial charge in [0.1, 0.15) is 6.61 Å². The van der Waals surface area contributed by atoms with E-state index in [4.69, 9.17) is 9.84 Å². The molecule has 6 heteroatoms. The average Bonchev–Trinajstić information content (AvgIpc) is 2.35. The molecule has 1 amide bonds. The van der Waals surface area contributed by atoms with Crippen molar-refractivity contribution >= 4 is 12.1 Å². The van der Waals surface area contributed by atoms with Crippen molar-refractivity contribution in [3.63, 3.8) is 0 Å². The van der Waals surface area contributed by atoms with E-state index >= 15 is 0 Å². The van der Waals surface area contributed by atoms with Crippen LogP contribution in [0.4, 0.5) is 4.79 Å². The summed E-state index contributed by atoms with van der Waals surface area (Å²) < 4.78 is 4.98. The van der Waals surface area contributed by atoms with E-state index in [-0.39, 0.29) is 25.5 Å². The summed E-state index contributed by atoms with van der Waals surface area (Å²) in [7, 11) is 0. The molecule has 0 aliphatic heterocycles. The van der Waals surface area contributed by atoms with E-state index in [1.54, 1.807) is 0 Å². The fraction of sp³-hybridized carbons (Fsp3) is 0.385. The molecule has 0 radical (unpaired) electrons. The number of carboxylic acids is 1. The van der Waals surface area contributed by atoms with Crippen molar-refractivity contribution in [3.8, 4) is 0 Å². The van der Waals surface area contributed by atoms with Crippen molar-refractivity contribution in [2.75, 3.05) is 0 Å². The number of ether oxygens (including phenoxy) is 1. The Morgan fingerprint density at radius 1 is 1.32 bits per heavy atom. The zero-order valence-electron chi connectivity index (χ0n) is 10.2. The fourth-order valence-corrected chi connectivity index (χ4v) is 1.96. The molecule has 6 nitrogen and oxygen atoms in total. The number of carbonyl (C=O) groups is 2. The van der Waals surface area contributed by atoms with Crippen molar-refractivity contribution in [1.29, 1.82) is 0 Å². The highest BCUT2D eigenvalue weighted by atomic mass is 16.5. The van der Waals surface area contributed by atoms with E-state index in [0.717, 1.165) is 5.56 Å². The van der Waals surface area contributed by atoms with Crippen LogP contribution in [0.3, 0.4) is 0 Å². The van der Waals surface area contributed by atoms with Crippen LogP contribution < -0.4 is 5.32 Å². The molecule has 1 fully saturated rings. The molecule has 3 N–H and O–H groups in total. The summed E-state index contributed by atoms with van der Waals surface area (Å²) in [5, 5.41) is 20.7. The van der Waals surface area contributed by atoms with Crippen molar-refractivity contribution in [3.05, 3.63) is 35.9 Å². The molecule has 1 saturated carbocycles. The highest BCUT2D eigenvalue weighted by Gasteiger charge is 2.49. The number of amides is 1. The Morgan fingerprint density at radius 2 is 1.95 bits per heavy atom. The van der Waals surface area contributed by atoms with Gasteiger partial charge >= 0.3 is 12.1 Å². The first-order chi connectivity index (χ1) is 8.99. The van der Waals surface area contributed by atoms with Crippen LogP contribution in [-0.4, -0.2) is 33.9 Å². The Bertz CT molecular complexity index is 467. The summed E-state index contributed by atoms with van der Waals surface area (Å²) in [5.74, 6) is -1.26. The average molecular weight is 265 g/mol. The van der Waals surface area contributed by atoms with Gasteiger partial charge in [-0.15, -0.1) is 0 Å². The largest absolute Gasteiger partial charge is 0.479 e. The third-order valence-electron chi connectivity index (χ3n) is 3.10. The second kappa shape index (κ2) is 5.27. The van der Waals surface area contributed by atoms with Crippen molar-refractivity contribution in [2.24, 2.45) is 0 Å². The van der Waals surface area contributed by atoms with Crippen molar-refractivity contribution < 1.29 is 24.5 Å². The van der Waals surface area contributed by atoms with Gasteiger partial charge in [0, 0.05) is 18.9 Å². The van der Waals surface area contributed by atoms with Crippen LogP contribution in [0.25, 0.3) is 0 Å². The summed E-state index contributed by atoms with van der Waals surface area (Å²) >= 11 is 0. The van der Waals surface area contributed by atoms with Crippen molar-refractivity contribution in [1.82, 2.24) is 5.32 Å². The normalized spacial score (nSPS) is 25.2. The molecule has 0 aromatic heterocycles. The summed E-state index contributed by atoms with van der Waals surface area (Å²) in [6.07, 6.45) is -0.604. The minimum absolute atomic E-state index is 0.00275. The van der Waals surface area contributed by atoms with Crippen LogP contribution in [0.2, 0.25) is 0 Å². The van der Waals surface area contributed by atoms with E-state index in [1.807, 2.05) is 30.3 Å². The van der Waals surface area contributed by atoms with Gasteiger partial charge in [0.05, 0.1) is 0 Å². The molecular formula is C13H15NO5. The number of aliphatic hydroxyl groups is 1. The molecule has 0 saturated heterocycles. The predicted molar refractivity (Wildman–Crippen MR) is 65.4 cm³/mol. The monoisotopic (exact) mass is 265 g/mol. The van der Waals surface area contributed by atoms with E-state index in [9.17, 15) is 14.7 Å². The van der Waals surface area contributed by atoms with Gasteiger partial charge in [0.2, 0.25) is 0 Å². The maximum absolute atomic E-state index is 11.4. The zero-order chi connectivity index (χ0) is 13.9. The molecule has 1 aromatic rings. The lowest BCUT2D eigenvalue weighted by atomic mass is 9.76. The Labute approximate surface area is 110 Å². The maximum Gasteiger partial charge on any atom is 0.407 e. The summed E-state index contributed by atoms with van der Waals surface area (Å²) in [6.45, 7) is 0.155. The van der Waals surface area contributed by atoms with Gasteiger partial charge in [-0.2, -0.15) is 0 Å². The van der Waals surface area contributed by atoms with Crippen molar-refractivity contribution in [2.45, 2.75) is 31.1 Å². The van der Waals surface area contributed by atoms with Gasteiger partial charge in [-0.25, -0.2) is 9.59 Å². The van der Waals surface area contributed by atoms with Crippen LogP contribution >= 0.6 is 0 Å². The summed E-state index contributed by atoms with van der Waals surface area (Å²) in [6, 6.07) is 8.86. The molecule has 19 heavy (non-hydrogen) atoms. The van der Waals surface area contributed by atoms with Crippen LogP contribution in [0.15, 0.2) is 30.3 Å². The molecule has 1 aliphatic rings. The van der Waals surface area contributed by atoms with Crippen LogP contribution in [-0.2, 0) is 16.1 Å². The van der Waals surface area contributed by atoms with Gasteiger partial charge < -0.3 is 20.3 Å². The van der Waals surface area contributed by atoms with Gasteiger partial charge in [0.25, 0.3) is 0 Å². The molecule has 0 unspecified atom stereocenters. The standard InChI is InChI=1S/C13H15NO5/c15-11(16)13(18)6-10(7-13)14-12(17)19-8-9-4-2-1-3-5-9/h1-5,10,18H,6-8H2,(H,14,17)(H,15,16)/t10-,13+. The van der Waals surface area contributed by atoms with E-state index in [1.165, 1.54) is 0 Å². The lowest BCUT2D eigenvalue weighted by molar-refractivity contribution is -0.170. The third kappa shape index (κ3) is 3.23. The number of carboxylic acid groups (broad SMARTS) is 1. The summed E-state index contributed by atoms with van der Waals surface area (Å²) in [4.78, 5) is 22.1. The number of nitrogens with one attached hydrogen (secondary N) is 1. The SMILES string of the molecule is O=C(N[C@H]1C[C@](O)(C(=O)O)C1)OCc1ccccc1. The maximum atomic E-state index is 11.4. The van der Waals surface area contributed by atoms with Crippen LogP contribution in [0.1, 0.15) is 18.4 Å². The predicted octanol–water partition coefficient (Wildman–Crippen LogP) is 0.891.